The van der Waals surface area contributed by atoms with Crippen molar-refractivity contribution in [3.05, 3.63) is 24.5 Å². The molecule has 2 aromatic heterocycles. The number of hydrogen-bond donors (Lipinski definition) is 1. The van der Waals surface area contributed by atoms with Crippen LogP contribution >= 0.6 is 0 Å². The van der Waals surface area contributed by atoms with E-state index in [1.54, 1.807) is 12.3 Å². The van der Waals surface area contributed by atoms with Gasteiger partial charge >= 0.3 is 0 Å². The van der Waals surface area contributed by atoms with Crippen molar-refractivity contribution in [2.45, 2.75) is 31.2 Å². The molecule has 2 atom stereocenters. The first-order valence-corrected chi connectivity index (χ1v) is 6.15. The van der Waals surface area contributed by atoms with Gasteiger partial charge in [0.25, 0.3) is 0 Å². The van der Waals surface area contributed by atoms with E-state index in [0.717, 1.165) is 12.8 Å². The molecule has 0 radical (unpaired) electrons. The van der Waals surface area contributed by atoms with Gasteiger partial charge in [0.2, 0.25) is 11.7 Å². The summed E-state index contributed by atoms with van der Waals surface area (Å²) in [6.45, 7) is 0. The van der Waals surface area contributed by atoms with E-state index in [0.29, 0.717) is 29.4 Å². The first-order chi connectivity index (χ1) is 8.88. The molecule has 6 heteroatoms. The van der Waals surface area contributed by atoms with Gasteiger partial charge in [0.15, 0.2) is 0 Å². The number of aromatic nitrogens is 4. The van der Waals surface area contributed by atoms with Crippen molar-refractivity contribution in [1.82, 2.24) is 25.4 Å². The van der Waals surface area contributed by atoms with Gasteiger partial charge in [-0.1, -0.05) is 11.6 Å². The number of rotatable bonds is 3. The Morgan fingerprint density at radius 2 is 2.33 bits per heavy atom. The van der Waals surface area contributed by atoms with Gasteiger partial charge in [0, 0.05) is 12.2 Å². The van der Waals surface area contributed by atoms with Crippen LogP contribution in [-0.2, 0) is 0 Å². The van der Waals surface area contributed by atoms with E-state index in [1.807, 2.05) is 7.05 Å². The number of nitrogens with zero attached hydrogens (tertiary/aromatic N) is 4. The van der Waals surface area contributed by atoms with Crippen LogP contribution in [0.25, 0.3) is 11.5 Å². The van der Waals surface area contributed by atoms with Crippen LogP contribution in [0.2, 0.25) is 0 Å². The minimum atomic E-state index is 0.318. The third-order valence-electron chi connectivity index (χ3n) is 3.46. The summed E-state index contributed by atoms with van der Waals surface area (Å²) in [6, 6.07) is 2.21. The molecule has 0 amide bonds. The second kappa shape index (κ2) is 4.81. The number of likely N-dealkylation sites (N-methyl/N-ethyl adjacent to an activating group) is 1. The zero-order valence-corrected chi connectivity index (χ0v) is 10.2. The molecule has 1 saturated carbocycles. The Kier molecular flexibility index (Phi) is 3.02. The Balaban J connectivity index is 1.86. The SMILES string of the molecule is CNC1CCCC1c1nc(-c2ccncn2)no1. The monoisotopic (exact) mass is 245 g/mol. The maximum atomic E-state index is 5.37. The van der Waals surface area contributed by atoms with Crippen LogP contribution in [0.4, 0.5) is 0 Å². The van der Waals surface area contributed by atoms with Crippen LogP contribution in [0.15, 0.2) is 23.1 Å². The average molecular weight is 245 g/mol. The lowest BCUT2D eigenvalue weighted by atomic mass is 10.0. The van der Waals surface area contributed by atoms with Gasteiger partial charge in [0.05, 0.1) is 5.92 Å². The fourth-order valence-electron chi connectivity index (χ4n) is 2.51. The summed E-state index contributed by atoms with van der Waals surface area (Å²) in [6.07, 6.45) is 6.60. The Bertz CT molecular complexity index is 512. The Hall–Kier alpha value is -1.82. The highest BCUT2D eigenvalue weighted by molar-refractivity contribution is 5.46. The molecule has 0 bridgehead atoms. The maximum absolute atomic E-state index is 5.37. The van der Waals surface area contributed by atoms with E-state index in [-0.39, 0.29) is 0 Å². The topological polar surface area (TPSA) is 76.7 Å². The van der Waals surface area contributed by atoms with Crippen molar-refractivity contribution in [1.29, 1.82) is 0 Å². The molecular formula is C12H15N5O. The summed E-state index contributed by atoms with van der Waals surface area (Å²) in [7, 11) is 1.98. The molecule has 0 spiro atoms. The maximum Gasteiger partial charge on any atom is 0.231 e. The Morgan fingerprint density at radius 1 is 1.39 bits per heavy atom. The predicted octanol–water partition coefficient (Wildman–Crippen LogP) is 1.38. The second-order valence-electron chi connectivity index (χ2n) is 4.48. The van der Waals surface area contributed by atoms with Gasteiger partial charge in [-0.3, -0.25) is 0 Å². The summed E-state index contributed by atoms with van der Waals surface area (Å²) < 4.78 is 5.37. The molecule has 18 heavy (non-hydrogen) atoms. The molecule has 0 aliphatic heterocycles. The zero-order chi connectivity index (χ0) is 12.4. The predicted molar refractivity (Wildman–Crippen MR) is 64.8 cm³/mol. The third kappa shape index (κ3) is 1.99. The quantitative estimate of drug-likeness (QED) is 0.880. The molecule has 2 heterocycles. The van der Waals surface area contributed by atoms with Crippen molar-refractivity contribution in [3.63, 3.8) is 0 Å². The zero-order valence-electron chi connectivity index (χ0n) is 10.2. The molecule has 1 N–H and O–H groups in total. The van der Waals surface area contributed by atoms with Crippen LogP contribution < -0.4 is 5.32 Å². The van der Waals surface area contributed by atoms with Gasteiger partial charge in [0.1, 0.15) is 12.0 Å². The lowest BCUT2D eigenvalue weighted by molar-refractivity contribution is 0.335. The molecule has 94 valence electrons. The van der Waals surface area contributed by atoms with Gasteiger partial charge in [-0.25, -0.2) is 9.97 Å². The van der Waals surface area contributed by atoms with E-state index in [1.165, 1.54) is 12.7 Å². The summed E-state index contributed by atoms with van der Waals surface area (Å²) >= 11 is 0. The summed E-state index contributed by atoms with van der Waals surface area (Å²) in [5.41, 5.74) is 0.694. The minimum Gasteiger partial charge on any atom is -0.339 e. The fourth-order valence-corrected chi connectivity index (χ4v) is 2.51. The highest BCUT2D eigenvalue weighted by Gasteiger charge is 2.31. The van der Waals surface area contributed by atoms with Gasteiger partial charge in [-0.05, 0) is 26.0 Å². The van der Waals surface area contributed by atoms with Crippen molar-refractivity contribution in [2.24, 2.45) is 0 Å². The van der Waals surface area contributed by atoms with E-state index < -0.39 is 0 Å². The largest absolute Gasteiger partial charge is 0.339 e. The second-order valence-corrected chi connectivity index (χ2v) is 4.48. The molecule has 0 aromatic carbocycles. The normalized spacial score (nSPS) is 23.4. The van der Waals surface area contributed by atoms with E-state index >= 15 is 0 Å². The van der Waals surface area contributed by atoms with Gasteiger partial charge < -0.3 is 9.84 Å². The van der Waals surface area contributed by atoms with E-state index in [4.69, 9.17) is 4.52 Å². The Labute approximate surface area is 105 Å². The van der Waals surface area contributed by atoms with Crippen molar-refractivity contribution in [3.8, 4) is 11.5 Å². The van der Waals surface area contributed by atoms with Crippen molar-refractivity contribution in [2.75, 3.05) is 7.05 Å². The lowest BCUT2D eigenvalue weighted by Crippen LogP contribution is -2.27. The molecule has 1 aliphatic carbocycles. The fraction of sp³-hybridized carbons (Fsp3) is 0.500. The van der Waals surface area contributed by atoms with Crippen molar-refractivity contribution < 1.29 is 4.52 Å². The van der Waals surface area contributed by atoms with E-state index in [9.17, 15) is 0 Å². The molecule has 1 fully saturated rings. The van der Waals surface area contributed by atoms with Gasteiger partial charge in [-0.2, -0.15) is 4.98 Å². The summed E-state index contributed by atoms with van der Waals surface area (Å²) in [4.78, 5) is 12.4. The molecule has 2 unspecified atom stereocenters. The number of hydrogen-bond acceptors (Lipinski definition) is 6. The van der Waals surface area contributed by atoms with Crippen LogP contribution in [0.3, 0.4) is 0 Å². The summed E-state index contributed by atoms with van der Waals surface area (Å²) in [5, 5.41) is 7.30. The molecular weight excluding hydrogens is 230 g/mol. The average Bonchev–Trinajstić information content (AvgIpc) is 3.08. The minimum absolute atomic E-state index is 0.318. The van der Waals surface area contributed by atoms with E-state index in [2.05, 4.69) is 25.4 Å². The van der Waals surface area contributed by atoms with Gasteiger partial charge in [-0.15, -0.1) is 0 Å². The summed E-state index contributed by atoms with van der Waals surface area (Å²) in [5.74, 6) is 1.56. The van der Waals surface area contributed by atoms with Crippen LogP contribution in [0.1, 0.15) is 31.1 Å². The third-order valence-corrected chi connectivity index (χ3v) is 3.46. The first-order valence-electron chi connectivity index (χ1n) is 6.15. The van der Waals surface area contributed by atoms with Crippen LogP contribution in [-0.4, -0.2) is 33.2 Å². The Morgan fingerprint density at radius 3 is 3.11 bits per heavy atom. The molecule has 6 nitrogen and oxygen atoms in total. The molecule has 0 saturated heterocycles. The van der Waals surface area contributed by atoms with Crippen LogP contribution in [0.5, 0.6) is 0 Å². The molecule has 2 aromatic rings. The number of nitrogens with one attached hydrogen (secondary N) is 1. The standard InChI is InChI=1S/C12H15N5O/c1-13-9-4-2-3-8(9)12-16-11(17-18-12)10-5-6-14-7-15-10/h5-9,13H,2-4H2,1H3. The highest BCUT2D eigenvalue weighted by atomic mass is 16.5. The van der Waals surface area contributed by atoms with Crippen molar-refractivity contribution >= 4 is 0 Å². The molecule has 1 aliphatic rings. The first kappa shape index (κ1) is 11.3. The molecule has 3 rings (SSSR count). The smallest absolute Gasteiger partial charge is 0.231 e. The highest BCUT2D eigenvalue weighted by Crippen LogP contribution is 2.34. The lowest BCUT2D eigenvalue weighted by Gasteiger charge is -2.14. The van der Waals surface area contributed by atoms with Crippen LogP contribution in [0, 0.1) is 0 Å².